The number of nitrogens with one attached hydrogen (secondary N) is 1. The lowest BCUT2D eigenvalue weighted by molar-refractivity contribution is -0.136. The summed E-state index contributed by atoms with van der Waals surface area (Å²) in [6, 6.07) is 1.39. The van der Waals surface area contributed by atoms with Gasteiger partial charge in [-0.15, -0.1) is 9.24 Å². The van der Waals surface area contributed by atoms with E-state index in [9.17, 15) is 14.7 Å². The Hall–Kier alpha value is -2.83. The molecule has 0 spiro atoms. The number of amides is 1. The number of benzene rings is 1. The first-order valence-electron chi connectivity index (χ1n) is 11.1. The predicted octanol–water partition coefficient (Wildman–Crippen LogP) is 3.12. The number of carboxylic acid groups (broad SMARTS) is 1. The van der Waals surface area contributed by atoms with Crippen molar-refractivity contribution in [2.24, 2.45) is 0 Å². The average molecular weight is 488 g/mol. The summed E-state index contributed by atoms with van der Waals surface area (Å²) in [7, 11) is 4.22. The molecule has 1 aliphatic heterocycles. The molecule has 1 aromatic heterocycles. The van der Waals surface area contributed by atoms with E-state index < -0.39 is 11.8 Å². The number of aromatic nitrogens is 1. The number of aryl methyl sites for hydroxylation is 2. The number of methoxy groups -OCH3 is 1. The van der Waals surface area contributed by atoms with Gasteiger partial charge in [-0.3, -0.25) is 14.6 Å². The number of hydrogen-bond acceptors (Lipinski definition) is 5. The number of pyridine rings is 1. The van der Waals surface area contributed by atoms with Crippen molar-refractivity contribution >= 4 is 32.5 Å². The maximum Gasteiger partial charge on any atom is 0.307 e. The lowest BCUT2D eigenvalue weighted by Crippen LogP contribution is -2.27. The lowest BCUT2D eigenvalue weighted by Gasteiger charge is -2.24. The van der Waals surface area contributed by atoms with Crippen LogP contribution < -0.4 is 15.4 Å². The normalized spacial score (nSPS) is 13.3. The van der Waals surface area contributed by atoms with Crippen LogP contribution in [-0.4, -0.2) is 48.8 Å². The fourth-order valence-corrected chi connectivity index (χ4v) is 4.68. The number of hydrogen-bond donors (Lipinski definition) is 2. The van der Waals surface area contributed by atoms with Gasteiger partial charge in [0.2, 0.25) is 5.91 Å². The minimum atomic E-state index is -1.02. The number of aliphatic carboxylic acids is 1. The number of fused-ring (bicyclic) bond motifs is 1. The molecule has 2 aromatic rings. The number of rotatable bonds is 8. The Morgan fingerprint density at radius 2 is 2.09 bits per heavy atom. The quantitative estimate of drug-likeness (QED) is 0.337. The fourth-order valence-electron chi connectivity index (χ4n) is 4.18. The average Bonchev–Trinajstić information content (AvgIpc) is 2.79. The molecule has 182 valence electrons. The lowest BCUT2D eigenvalue weighted by atomic mass is 9.88. The summed E-state index contributed by atoms with van der Waals surface area (Å²) in [6.07, 6.45) is 2.82. The van der Waals surface area contributed by atoms with Crippen LogP contribution in [0.5, 0.6) is 5.75 Å². The van der Waals surface area contributed by atoms with Gasteiger partial charge in [-0.05, 0) is 67.8 Å². The summed E-state index contributed by atoms with van der Waals surface area (Å²) in [5, 5.41) is 13.1. The van der Waals surface area contributed by atoms with Gasteiger partial charge in [0, 0.05) is 41.7 Å². The second kappa shape index (κ2) is 11.1. The van der Waals surface area contributed by atoms with Gasteiger partial charge < -0.3 is 19.9 Å². The molecule has 1 atom stereocenters. The van der Waals surface area contributed by atoms with E-state index in [0.717, 1.165) is 17.3 Å². The molecule has 2 heterocycles. The standard InChI is InChI=1S/C25H30FN2O5P/c1-13(25(31)27-7-9-32-4)10-17-14(2)28-15(3)18(12-21(29)30)22(17)19-11-20(26)23-16(24(19)34)6-5-8-33-23/h10-11H,5-9,12,34H2,1-4H3,(H,27,31)(H,29,30)/b13-10+. The van der Waals surface area contributed by atoms with Crippen molar-refractivity contribution < 1.29 is 28.6 Å². The van der Waals surface area contributed by atoms with Gasteiger partial charge in [-0.2, -0.15) is 0 Å². The van der Waals surface area contributed by atoms with Crippen molar-refractivity contribution in [2.75, 3.05) is 26.9 Å². The van der Waals surface area contributed by atoms with Gasteiger partial charge in [-0.1, -0.05) is 0 Å². The van der Waals surface area contributed by atoms with Crippen molar-refractivity contribution in [2.45, 2.75) is 40.0 Å². The zero-order valence-electron chi connectivity index (χ0n) is 19.9. The summed E-state index contributed by atoms with van der Waals surface area (Å²) in [4.78, 5) is 28.9. The van der Waals surface area contributed by atoms with Crippen LogP contribution in [0.3, 0.4) is 0 Å². The van der Waals surface area contributed by atoms with Crippen LogP contribution in [0, 0.1) is 19.7 Å². The first kappa shape index (κ1) is 25.8. The van der Waals surface area contributed by atoms with Crippen molar-refractivity contribution in [3.8, 4) is 16.9 Å². The Balaban J connectivity index is 2.27. The Bertz CT molecular complexity index is 1160. The monoisotopic (exact) mass is 488 g/mol. The van der Waals surface area contributed by atoms with Crippen molar-refractivity contribution in [3.63, 3.8) is 0 Å². The largest absolute Gasteiger partial charge is 0.490 e. The van der Waals surface area contributed by atoms with Crippen LogP contribution in [0.4, 0.5) is 4.39 Å². The fraction of sp³-hybridized carbons (Fsp3) is 0.400. The van der Waals surface area contributed by atoms with Crippen LogP contribution in [0.15, 0.2) is 11.6 Å². The number of carboxylic acids is 1. The molecule has 1 aromatic carbocycles. The summed E-state index contributed by atoms with van der Waals surface area (Å²) in [5.41, 5.74) is 4.52. The van der Waals surface area contributed by atoms with Gasteiger partial charge in [0.05, 0.1) is 19.6 Å². The molecule has 1 aliphatic rings. The van der Waals surface area contributed by atoms with Gasteiger partial charge in [-0.25, -0.2) is 4.39 Å². The molecule has 3 rings (SSSR count). The third kappa shape index (κ3) is 5.45. The zero-order chi connectivity index (χ0) is 25.0. The van der Waals surface area contributed by atoms with E-state index in [2.05, 4.69) is 19.5 Å². The van der Waals surface area contributed by atoms with E-state index in [1.54, 1.807) is 34.0 Å². The van der Waals surface area contributed by atoms with E-state index in [4.69, 9.17) is 9.47 Å². The van der Waals surface area contributed by atoms with Gasteiger partial charge in [0.25, 0.3) is 0 Å². The molecule has 0 fully saturated rings. The second-order valence-corrected chi connectivity index (χ2v) is 8.85. The SMILES string of the molecule is COCCNC(=O)/C(C)=C/c1c(C)nc(C)c(CC(=O)O)c1-c1cc(F)c2c(c1P)CCCO2. The van der Waals surface area contributed by atoms with E-state index >= 15 is 4.39 Å². The summed E-state index contributed by atoms with van der Waals surface area (Å²) < 4.78 is 25.7. The molecule has 1 amide bonds. The number of nitrogens with zero attached hydrogens (tertiary/aromatic N) is 1. The molecule has 7 nitrogen and oxygen atoms in total. The summed E-state index contributed by atoms with van der Waals surface area (Å²) in [5.74, 6) is -1.55. The van der Waals surface area contributed by atoms with Crippen molar-refractivity contribution in [3.05, 3.63) is 45.5 Å². The van der Waals surface area contributed by atoms with E-state index in [-0.39, 0.29) is 18.1 Å². The van der Waals surface area contributed by atoms with Crippen LogP contribution in [-0.2, 0) is 27.2 Å². The highest BCUT2D eigenvalue weighted by molar-refractivity contribution is 7.28. The molecule has 1 unspecified atom stereocenters. The molecule has 2 N–H and O–H groups in total. The maximum atomic E-state index is 15.1. The van der Waals surface area contributed by atoms with E-state index in [1.165, 1.54) is 6.07 Å². The molecule has 0 bridgehead atoms. The first-order chi connectivity index (χ1) is 16.1. The Morgan fingerprint density at radius 3 is 2.76 bits per heavy atom. The van der Waals surface area contributed by atoms with E-state index in [1.807, 2.05) is 0 Å². The number of carbonyl (C=O) groups is 2. The minimum Gasteiger partial charge on any atom is -0.490 e. The third-order valence-electron chi connectivity index (χ3n) is 5.84. The van der Waals surface area contributed by atoms with E-state index in [0.29, 0.717) is 65.4 Å². The molecular weight excluding hydrogens is 458 g/mol. The smallest absolute Gasteiger partial charge is 0.307 e. The molecule has 34 heavy (non-hydrogen) atoms. The summed E-state index contributed by atoms with van der Waals surface area (Å²) >= 11 is 0. The number of ether oxygens (including phenoxy) is 2. The highest BCUT2D eigenvalue weighted by Crippen LogP contribution is 2.38. The maximum absolute atomic E-state index is 15.1. The zero-order valence-corrected chi connectivity index (χ0v) is 21.0. The second-order valence-electron chi connectivity index (χ2n) is 8.28. The molecule has 0 saturated carbocycles. The molecule has 0 radical (unpaired) electrons. The highest BCUT2D eigenvalue weighted by Gasteiger charge is 2.26. The Kier molecular flexibility index (Phi) is 8.39. The summed E-state index contributed by atoms with van der Waals surface area (Å²) in [6.45, 7) is 6.40. The minimum absolute atomic E-state index is 0.244. The number of halogens is 1. The van der Waals surface area contributed by atoms with Crippen LogP contribution in [0.25, 0.3) is 17.2 Å². The molecular formula is C25H30FN2O5P. The topological polar surface area (TPSA) is 97.8 Å². The van der Waals surface area contributed by atoms with Gasteiger partial charge in [0.15, 0.2) is 11.6 Å². The van der Waals surface area contributed by atoms with Crippen molar-refractivity contribution in [1.29, 1.82) is 0 Å². The first-order valence-corrected chi connectivity index (χ1v) is 11.6. The van der Waals surface area contributed by atoms with Gasteiger partial charge >= 0.3 is 5.97 Å². The predicted molar refractivity (Wildman–Crippen MR) is 132 cm³/mol. The van der Waals surface area contributed by atoms with Crippen LogP contribution in [0.2, 0.25) is 0 Å². The molecule has 0 aliphatic carbocycles. The molecule has 9 heteroatoms. The van der Waals surface area contributed by atoms with Crippen LogP contribution >= 0.6 is 9.24 Å². The molecule has 0 saturated heterocycles. The van der Waals surface area contributed by atoms with Gasteiger partial charge in [0.1, 0.15) is 0 Å². The Labute approximate surface area is 201 Å². The van der Waals surface area contributed by atoms with Crippen LogP contribution in [0.1, 0.15) is 41.4 Å². The van der Waals surface area contributed by atoms with Crippen molar-refractivity contribution in [1.82, 2.24) is 10.3 Å². The third-order valence-corrected chi connectivity index (χ3v) is 6.50. The highest BCUT2D eigenvalue weighted by atomic mass is 31.0. The Morgan fingerprint density at radius 1 is 1.35 bits per heavy atom. The number of carbonyl (C=O) groups excluding carboxylic acids is 1.